The molecule has 0 spiro atoms. The molecular weight excluding hydrogens is 320 g/mol. The first kappa shape index (κ1) is 17.9. The molecule has 0 bridgehead atoms. The van der Waals surface area contributed by atoms with Crippen LogP contribution in [0.2, 0.25) is 0 Å². The number of sulfonamides is 1. The summed E-state index contributed by atoms with van der Waals surface area (Å²) < 4.78 is 32.0. The highest BCUT2D eigenvalue weighted by atomic mass is 32.2. The van der Waals surface area contributed by atoms with Crippen LogP contribution in [0.1, 0.15) is 24.3 Å². The van der Waals surface area contributed by atoms with E-state index < -0.39 is 10.0 Å². The van der Waals surface area contributed by atoms with Crippen LogP contribution in [0.25, 0.3) is 0 Å². The second kappa shape index (κ2) is 7.41. The monoisotopic (exact) mass is 344 g/mol. The van der Waals surface area contributed by atoms with Crippen LogP contribution in [0.4, 0.5) is 0 Å². The molecule has 9 heteroatoms. The number of rotatable bonds is 5. The Balaban J connectivity index is 2.10. The summed E-state index contributed by atoms with van der Waals surface area (Å²) in [5.41, 5.74) is 0.369. The summed E-state index contributed by atoms with van der Waals surface area (Å²) in [7, 11) is -1.84. The lowest BCUT2D eigenvalue weighted by molar-refractivity contribution is -0.130. The van der Waals surface area contributed by atoms with Gasteiger partial charge in [-0.15, -0.1) is 0 Å². The van der Waals surface area contributed by atoms with E-state index in [0.717, 1.165) is 0 Å². The summed E-state index contributed by atoms with van der Waals surface area (Å²) in [5, 5.41) is 6.67. The average molecular weight is 344 g/mol. The van der Waals surface area contributed by atoms with Gasteiger partial charge in [0.15, 0.2) is 5.76 Å². The largest absolute Gasteiger partial charge is 0.360 e. The summed E-state index contributed by atoms with van der Waals surface area (Å²) >= 11 is 0. The van der Waals surface area contributed by atoms with Crippen molar-refractivity contribution in [2.24, 2.45) is 0 Å². The standard InChI is InChI=1S/C14H24N4O4S/c1-11-14(12(2)22-16-11)23(20,21)18-8-4-7-17(9-10-18)13(19)5-6-15-3/h15H,4-10H2,1-3H3. The number of aromatic nitrogens is 1. The zero-order chi connectivity index (χ0) is 17.0. The molecule has 0 atom stereocenters. The molecule has 1 saturated heterocycles. The van der Waals surface area contributed by atoms with E-state index in [0.29, 0.717) is 50.5 Å². The minimum Gasteiger partial charge on any atom is -0.360 e. The number of aryl methyl sites for hydroxylation is 2. The Labute approximate surface area is 136 Å². The van der Waals surface area contributed by atoms with Crippen LogP contribution < -0.4 is 5.32 Å². The van der Waals surface area contributed by atoms with E-state index in [4.69, 9.17) is 4.52 Å². The normalized spacial score (nSPS) is 17.3. The number of carbonyl (C=O) groups is 1. The van der Waals surface area contributed by atoms with Crippen molar-refractivity contribution in [3.63, 3.8) is 0 Å². The molecule has 1 aromatic heterocycles. The van der Waals surface area contributed by atoms with E-state index in [-0.39, 0.29) is 17.3 Å². The van der Waals surface area contributed by atoms with Crippen LogP contribution >= 0.6 is 0 Å². The molecular formula is C14H24N4O4S. The van der Waals surface area contributed by atoms with Gasteiger partial charge >= 0.3 is 0 Å². The van der Waals surface area contributed by atoms with Gasteiger partial charge in [-0.25, -0.2) is 8.42 Å². The molecule has 2 heterocycles. The molecule has 1 amide bonds. The van der Waals surface area contributed by atoms with Crippen LogP contribution in [0.5, 0.6) is 0 Å². The molecule has 1 aliphatic heterocycles. The summed E-state index contributed by atoms with van der Waals surface area (Å²) in [4.78, 5) is 14.0. The molecule has 0 saturated carbocycles. The SMILES string of the molecule is CNCCC(=O)N1CCCN(S(=O)(=O)c2c(C)noc2C)CC1. The molecule has 2 rings (SSSR count). The van der Waals surface area contributed by atoms with Gasteiger partial charge in [0.05, 0.1) is 0 Å². The summed E-state index contributed by atoms with van der Waals surface area (Å²) in [5.74, 6) is 0.352. The highest BCUT2D eigenvalue weighted by molar-refractivity contribution is 7.89. The Hall–Kier alpha value is -1.45. The lowest BCUT2D eigenvalue weighted by Crippen LogP contribution is -2.38. The smallest absolute Gasteiger partial charge is 0.248 e. The number of hydrogen-bond acceptors (Lipinski definition) is 6. The van der Waals surface area contributed by atoms with Crippen molar-refractivity contribution in [2.75, 3.05) is 39.8 Å². The van der Waals surface area contributed by atoms with E-state index in [9.17, 15) is 13.2 Å². The molecule has 1 N–H and O–H groups in total. The van der Waals surface area contributed by atoms with E-state index in [1.165, 1.54) is 4.31 Å². The number of carbonyl (C=O) groups excluding carboxylic acids is 1. The number of hydrogen-bond donors (Lipinski definition) is 1. The van der Waals surface area contributed by atoms with Crippen molar-refractivity contribution >= 4 is 15.9 Å². The average Bonchev–Trinajstić information content (AvgIpc) is 2.73. The van der Waals surface area contributed by atoms with Crippen molar-refractivity contribution in [3.05, 3.63) is 11.5 Å². The van der Waals surface area contributed by atoms with Crippen molar-refractivity contribution in [1.29, 1.82) is 0 Å². The fraction of sp³-hybridized carbons (Fsp3) is 0.714. The lowest BCUT2D eigenvalue weighted by Gasteiger charge is -2.22. The second-order valence-corrected chi connectivity index (χ2v) is 7.52. The molecule has 0 aromatic carbocycles. The molecule has 0 unspecified atom stereocenters. The first-order valence-electron chi connectivity index (χ1n) is 7.73. The summed E-state index contributed by atoms with van der Waals surface area (Å²) in [6, 6.07) is 0. The first-order chi connectivity index (χ1) is 10.9. The maximum Gasteiger partial charge on any atom is 0.248 e. The van der Waals surface area contributed by atoms with Gasteiger partial charge in [-0.05, 0) is 27.3 Å². The lowest BCUT2D eigenvalue weighted by atomic mass is 10.3. The Bertz CT molecular complexity index is 636. The molecule has 1 fully saturated rings. The van der Waals surface area contributed by atoms with Crippen molar-refractivity contribution in [3.8, 4) is 0 Å². The Morgan fingerprint density at radius 2 is 2.00 bits per heavy atom. The molecule has 23 heavy (non-hydrogen) atoms. The predicted molar refractivity (Wildman–Crippen MR) is 84.5 cm³/mol. The fourth-order valence-corrected chi connectivity index (χ4v) is 4.51. The maximum atomic E-state index is 12.8. The van der Waals surface area contributed by atoms with E-state index in [2.05, 4.69) is 10.5 Å². The van der Waals surface area contributed by atoms with E-state index >= 15 is 0 Å². The van der Waals surface area contributed by atoms with Gasteiger partial charge in [0.2, 0.25) is 15.9 Å². The van der Waals surface area contributed by atoms with Gasteiger partial charge in [-0.1, -0.05) is 5.16 Å². The third-order valence-electron chi connectivity index (χ3n) is 3.96. The minimum absolute atomic E-state index is 0.0518. The van der Waals surface area contributed by atoms with Crippen LogP contribution in [-0.4, -0.2) is 68.5 Å². The van der Waals surface area contributed by atoms with Gasteiger partial charge in [0.1, 0.15) is 10.6 Å². The minimum atomic E-state index is -3.64. The van der Waals surface area contributed by atoms with Gasteiger partial charge in [-0.3, -0.25) is 4.79 Å². The Morgan fingerprint density at radius 1 is 1.26 bits per heavy atom. The molecule has 8 nitrogen and oxygen atoms in total. The summed E-state index contributed by atoms with van der Waals surface area (Å²) in [6.45, 7) is 5.50. The Morgan fingerprint density at radius 3 is 2.61 bits per heavy atom. The number of nitrogens with one attached hydrogen (secondary N) is 1. The third-order valence-corrected chi connectivity index (χ3v) is 6.11. The van der Waals surface area contributed by atoms with E-state index in [1.807, 2.05) is 0 Å². The van der Waals surface area contributed by atoms with Crippen LogP contribution in [0.3, 0.4) is 0 Å². The van der Waals surface area contributed by atoms with Gasteiger partial charge in [0.25, 0.3) is 0 Å². The number of amides is 1. The topological polar surface area (TPSA) is 95.8 Å². The van der Waals surface area contributed by atoms with Gasteiger partial charge < -0.3 is 14.7 Å². The number of nitrogens with zero attached hydrogens (tertiary/aromatic N) is 3. The zero-order valence-corrected chi connectivity index (χ0v) is 14.6. The van der Waals surface area contributed by atoms with Crippen molar-refractivity contribution in [1.82, 2.24) is 19.7 Å². The highest BCUT2D eigenvalue weighted by Crippen LogP contribution is 2.24. The molecule has 1 aliphatic rings. The maximum absolute atomic E-state index is 12.8. The highest BCUT2D eigenvalue weighted by Gasteiger charge is 2.32. The third kappa shape index (κ3) is 3.91. The van der Waals surface area contributed by atoms with Gasteiger partial charge in [-0.2, -0.15) is 4.31 Å². The fourth-order valence-electron chi connectivity index (χ4n) is 2.75. The molecule has 1 aromatic rings. The second-order valence-electron chi connectivity index (χ2n) is 5.65. The van der Waals surface area contributed by atoms with Gasteiger partial charge in [0, 0.05) is 39.1 Å². The zero-order valence-electron chi connectivity index (χ0n) is 13.8. The molecule has 0 radical (unpaired) electrons. The van der Waals surface area contributed by atoms with Crippen molar-refractivity contribution < 1.29 is 17.7 Å². The molecule has 0 aliphatic carbocycles. The molecule has 130 valence electrons. The predicted octanol–water partition coefficient (Wildman–Crippen LogP) is 0.124. The summed E-state index contributed by atoms with van der Waals surface area (Å²) in [6.07, 6.45) is 1.04. The van der Waals surface area contributed by atoms with E-state index in [1.54, 1.807) is 25.8 Å². The van der Waals surface area contributed by atoms with Crippen LogP contribution in [0.15, 0.2) is 9.42 Å². The quantitative estimate of drug-likeness (QED) is 0.815. The first-order valence-corrected chi connectivity index (χ1v) is 9.17. The van der Waals surface area contributed by atoms with Crippen LogP contribution in [0, 0.1) is 13.8 Å². The Kier molecular flexibility index (Phi) is 5.77. The van der Waals surface area contributed by atoms with Crippen LogP contribution in [-0.2, 0) is 14.8 Å². The van der Waals surface area contributed by atoms with Crippen molar-refractivity contribution in [2.45, 2.75) is 31.6 Å².